The Morgan fingerprint density at radius 2 is 2.06 bits per heavy atom. The molecule has 0 N–H and O–H groups in total. The number of halogens is 1. The van der Waals surface area contributed by atoms with Crippen molar-refractivity contribution in [2.24, 2.45) is 0 Å². The van der Waals surface area contributed by atoms with E-state index in [-0.39, 0.29) is 5.91 Å². The van der Waals surface area contributed by atoms with Gasteiger partial charge in [-0.1, -0.05) is 29.4 Å². The normalized spacial score (nSPS) is 10.8. The van der Waals surface area contributed by atoms with Crippen molar-refractivity contribution in [2.75, 3.05) is 12.0 Å². The standard InChI is InChI=1S/C20H17ClN6O2S2/c1-13(28)26(17-5-3-4-14(21)10-17)19-22-15(11-30-19)12-31-20-23-24-25-27(20)16-6-8-18(29-2)9-7-16/h3-11H,12H2,1-2H3. The molecule has 158 valence electrons. The summed E-state index contributed by atoms with van der Waals surface area (Å²) in [5.74, 6) is 1.17. The van der Waals surface area contributed by atoms with Gasteiger partial charge in [-0.25, -0.2) is 4.98 Å². The molecule has 0 bridgehead atoms. The van der Waals surface area contributed by atoms with Crippen molar-refractivity contribution in [1.82, 2.24) is 25.2 Å². The molecular weight excluding hydrogens is 456 g/mol. The number of benzene rings is 2. The lowest BCUT2D eigenvalue weighted by Crippen LogP contribution is -2.22. The molecule has 0 fully saturated rings. The lowest BCUT2D eigenvalue weighted by atomic mass is 10.3. The number of carbonyl (C=O) groups excluding carboxylic acids is 1. The van der Waals surface area contributed by atoms with Crippen molar-refractivity contribution in [1.29, 1.82) is 0 Å². The zero-order chi connectivity index (χ0) is 21.8. The Labute approximate surface area is 191 Å². The lowest BCUT2D eigenvalue weighted by Gasteiger charge is -2.18. The topological polar surface area (TPSA) is 86.0 Å². The zero-order valence-electron chi connectivity index (χ0n) is 16.6. The van der Waals surface area contributed by atoms with Gasteiger partial charge in [-0.15, -0.1) is 16.4 Å². The van der Waals surface area contributed by atoms with Crippen molar-refractivity contribution in [3.8, 4) is 11.4 Å². The number of rotatable bonds is 7. The van der Waals surface area contributed by atoms with Crippen molar-refractivity contribution >= 4 is 51.4 Å². The van der Waals surface area contributed by atoms with Gasteiger partial charge < -0.3 is 4.74 Å². The molecule has 0 atom stereocenters. The van der Waals surface area contributed by atoms with Crippen LogP contribution in [0.5, 0.6) is 5.75 Å². The third-order valence-electron chi connectivity index (χ3n) is 4.22. The van der Waals surface area contributed by atoms with E-state index in [0.29, 0.717) is 26.8 Å². The molecule has 0 saturated carbocycles. The fourth-order valence-corrected chi connectivity index (χ4v) is 4.76. The molecule has 2 heterocycles. The van der Waals surface area contributed by atoms with Crippen molar-refractivity contribution < 1.29 is 9.53 Å². The summed E-state index contributed by atoms with van der Waals surface area (Å²) in [4.78, 5) is 18.4. The maximum absolute atomic E-state index is 12.3. The van der Waals surface area contributed by atoms with Crippen LogP contribution in [-0.2, 0) is 10.5 Å². The molecule has 31 heavy (non-hydrogen) atoms. The average molecular weight is 473 g/mol. The summed E-state index contributed by atoms with van der Waals surface area (Å²) < 4.78 is 6.85. The third kappa shape index (κ3) is 4.87. The first kappa shape index (κ1) is 21.3. The molecule has 0 unspecified atom stereocenters. The summed E-state index contributed by atoms with van der Waals surface area (Å²) >= 11 is 8.94. The summed E-state index contributed by atoms with van der Waals surface area (Å²) in [6.45, 7) is 1.50. The molecule has 0 aliphatic rings. The largest absolute Gasteiger partial charge is 0.497 e. The summed E-state index contributed by atoms with van der Waals surface area (Å²) in [7, 11) is 1.62. The predicted octanol–water partition coefficient (Wildman–Crippen LogP) is 4.76. The minimum absolute atomic E-state index is 0.140. The van der Waals surface area contributed by atoms with Gasteiger partial charge in [0.05, 0.1) is 24.2 Å². The summed E-state index contributed by atoms with van der Waals surface area (Å²) in [6, 6.07) is 14.6. The predicted molar refractivity (Wildman–Crippen MR) is 122 cm³/mol. The van der Waals surface area contributed by atoms with E-state index in [0.717, 1.165) is 17.1 Å². The Hall–Kier alpha value is -2.95. The molecule has 0 saturated heterocycles. The maximum atomic E-state index is 12.3. The van der Waals surface area contributed by atoms with E-state index in [9.17, 15) is 4.79 Å². The molecule has 11 heteroatoms. The van der Waals surface area contributed by atoms with Crippen molar-refractivity contribution in [3.63, 3.8) is 0 Å². The molecule has 0 radical (unpaired) electrons. The maximum Gasteiger partial charge on any atom is 0.230 e. The van der Waals surface area contributed by atoms with Gasteiger partial charge in [0, 0.05) is 23.1 Å². The van der Waals surface area contributed by atoms with Crippen LogP contribution in [0.15, 0.2) is 59.1 Å². The number of nitrogens with zero attached hydrogens (tertiary/aromatic N) is 6. The van der Waals surface area contributed by atoms with Crippen LogP contribution in [0.4, 0.5) is 10.8 Å². The van der Waals surface area contributed by atoms with E-state index < -0.39 is 0 Å². The zero-order valence-corrected chi connectivity index (χ0v) is 19.0. The van der Waals surface area contributed by atoms with Crippen LogP contribution in [0.3, 0.4) is 0 Å². The molecule has 8 nitrogen and oxygen atoms in total. The molecule has 2 aromatic heterocycles. The van der Waals surface area contributed by atoms with E-state index in [1.165, 1.54) is 30.0 Å². The first-order valence-electron chi connectivity index (χ1n) is 9.11. The molecule has 1 amide bonds. The lowest BCUT2D eigenvalue weighted by molar-refractivity contribution is -0.115. The van der Waals surface area contributed by atoms with E-state index in [1.54, 1.807) is 34.9 Å². The number of amides is 1. The van der Waals surface area contributed by atoms with Gasteiger partial charge in [0.25, 0.3) is 0 Å². The van der Waals surface area contributed by atoms with Gasteiger partial charge in [-0.05, 0) is 52.9 Å². The molecule has 4 aromatic rings. The third-order valence-corrected chi connectivity index (χ3v) is 6.28. The molecule has 0 aliphatic carbocycles. The number of hydrogen-bond donors (Lipinski definition) is 0. The second kappa shape index (κ2) is 9.46. The highest BCUT2D eigenvalue weighted by Crippen LogP contribution is 2.32. The van der Waals surface area contributed by atoms with Gasteiger partial charge in [-0.2, -0.15) is 4.68 Å². The highest BCUT2D eigenvalue weighted by Gasteiger charge is 2.19. The quantitative estimate of drug-likeness (QED) is 0.358. The summed E-state index contributed by atoms with van der Waals surface area (Å²) in [5.41, 5.74) is 2.33. The van der Waals surface area contributed by atoms with E-state index >= 15 is 0 Å². The van der Waals surface area contributed by atoms with Crippen LogP contribution in [0, 0.1) is 0 Å². The molecule has 4 rings (SSSR count). The highest BCUT2D eigenvalue weighted by molar-refractivity contribution is 7.98. The molecule has 2 aromatic carbocycles. The van der Waals surface area contributed by atoms with Gasteiger partial charge in [0.2, 0.25) is 11.1 Å². The Morgan fingerprint density at radius 1 is 1.26 bits per heavy atom. The number of aromatic nitrogens is 5. The van der Waals surface area contributed by atoms with Crippen LogP contribution in [0.1, 0.15) is 12.6 Å². The number of tetrazole rings is 1. The van der Waals surface area contributed by atoms with Crippen LogP contribution in [0.2, 0.25) is 5.02 Å². The number of ether oxygens (including phenoxy) is 1. The second-order valence-electron chi connectivity index (χ2n) is 6.32. The Balaban J connectivity index is 1.50. The number of methoxy groups -OCH3 is 1. The van der Waals surface area contributed by atoms with Crippen LogP contribution in [-0.4, -0.2) is 38.2 Å². The van der Waals surface area contributed by atoms with E-state index in [4.69, 9.17) is 16.3 Å². The summed E-state index contributed by atoms with van der Waals surface area (Å²) in [5, 5.41) is 15.7. The Kier molecular flexibility index (Phi) is 6.50. The van der Waals surface area contributed by atoms with Gasteiger partial charge in [0.1, 0.15) is 5.75 Å². The number of thiazole rings is 1. The van der Waals surface area contributed by atoms with Gasteiger partial charge in [0.15, 0.2) is 5.13 Å². The minimum Gasteiger partial charge on any atom is -0.497 e. The monoisotopic (exact) mass is 472 g/mol. The number of thioether (sulfide) groups is 1. The van der Waals surface area contributed by atoms with Crippen molar-refractivity contribution in [2.45, 2.75) is 17.8 Å². The number of hydrogen-bond acceptors (Lipinski definition) is 8. The number of carbonyl (C=O) groups is 1. The first-order valence-corrected chi connectivity index (χ1v) is 11.4. The minimum atomic E-state index is -0.140. The Bertz CT molecular complexity index is 1190. The highest BCUT2D eigenvalue weighted by atomic mass is 35.5. The van der Waals surface area contributed by atoms with Crippen LogP contribution in [0.25, 0.3) is 5.69 Å². The molecular formula is C20H17ClN6O2S2. The smallest absolute Gasteiger partial charge is 0.230 e. The van der Waals surface area contributed by atoms with Crippen LogP contribution < -0.4 is 9.64 Å². The van der Waals surface area contributed by atoms with Crippen molar-refractivity contribution in [3.05, 3.63) is 64.6 Å². The number of anilines is 2. The SMILES string of the molecule is COc1ccc(-n2nnnc2SCc2csc(N(C(C)=O)c3cccc(Cl)c3)n2)cc1. The average Bonchev–Trinajstić information content (AvgIpc) is 3.42. The summed E-state index contributed by atoms with van der Waals surface area (Å²) in [6.07, 6.45) is 0. The van der Waals surface area contributed by atoms with Gasteiger partial charge >= 0.3 is 0 Å². The van der Waals surface area contributed by atoms with E-state index in [2.05, 4.69) is 20.5 Å². The fourth-order valence-electron chi connectivity index (χ4n) is 2.80. The first-order chi connectivity index (χ1) is 15.0. The Morgan fingerprint density at radius 3 is 2.77 bits per heavy atom. The van der Waals surface area contributed by atoms with Crippen LogP contribution >= 0.6 is 34.7 Å². The molecule has 0 spiro atoms. The van der Waals surface area contributed by atoms with Gasteiger partial charge in [-0.3, -0.25) is 9.69 Å². The van der Waals surface area contributed by atoms with E-state index in [1.807, 2.05) is 35.7 Å². The fraction of sp³-hybridized carbons (Fsp3) is 0.150. The molecule has 0 aliphatic heterocycles. The second-order valence-corrected chi connectivity index (χ2v) is 8.53.